The van der Waals surface area contributed by atoms with Crippen molar-refractivity contribution in [2.45, 2.75) is 13.8 Å². The number of aromatic nitrogens is 2. The van der Waals surface area contributed by atoms with Gasteiger partial charge in [-0.3, -0.25) is 0 Å². The second kappa shape index (κ2) is 6.31. The van der Waals surface area contributed by atoms with Crippen LogP contribution in [0.5, 0.6) is 11.6 Å². The Hall–Kier alpha value is -2.48. The maximum absolute atomic E-state index is 9.23. The number of phenolic OH excluding ortho intramolecular Hbond substituents is 1. The molecule has 0 atom stereocenters. The van der Waals surface area contributed by atoms with E-state index in [1.165, 1.54) is 16.8 Å². The van der Waals surface area contributed by atoms with Gasteiger partial charge < -0.3 is 15.6 Å². The molecule has 0 bridgehead atoms. The maximum atomic E-state index is 9.23. The van der Waals surface area contributed by atoms with E-state index in [1.54, 1.807) is 19.1 Å². The largest absolute Gasteiger partial charge is 0.508 e. The minimum Gasteiger partial charge on any atom is -0.508 e. The number of phenols is 1. The molecule has 21 heavy (non-hydrogen) atoms. The number of ether oxygens (including phenoxy) is 1. The molecule has 0 fully saturated rings. The Morgan fingerprint density at radius 2 is 2.05 bits per heavy atom. The van der Waals surface area contributed by atoms with E-state index in [0.717, 1.165) is 0 Å². The molecule has 0 saturated heterocycles. The van der Waals surface area contributed by atoms with Crippen LogP contribution in [0.1, 0.15) is 12.6 Å². The third-order valence-corrected chi connectivity index (χ3v) is 2.77. The molecule has 7 nitrogen and oxygen atoms in total. The van der Waals surface area contributed by atoms with Crippen molar-refractivity contribution >= 4 is 28.7 Å². The molecular weight excluding hydrogens is 290 g/mol. The molecule has 0 radical (unpaired) electrons. The summed E-state index contributed by atoms with van der Waals surface area (Å²) in [6.45, 7) is 4.03. The Balaban J connectivity index is 2.38. The zero-order chi connectivity index (χ0) is 15.4. The molecule has 1 aromatic heterocycles. The van der Waals surface area contributed by atoms with Crippen LogP contribution in [0.4, 0.5) is 11.4 Å². The summed E-state index contributed by atoms with van der Waals surface area (Å²) in [5.74, 6) is 0.534. The lowest BCUT2D eigenvalue weighted by molar-refractivity contribution is 0.320. The van der Waals surface area contributed by atoms with Gasteiger partial charge in [0.25, 0.3) is 0 Å². The molecule has 0 aliphatic heterocycles. The Kier molecular flexibility index (Phi) is 4.49. The van der Waals surface area contributed by atoms with Crippen molar-refractivity contribution in [1.82, 2.24) is 9.78 Å². The summed E-state index contributed by atoms with van der Waals surface area (Å²) >= 11 is 4.93. The summed E-state index contributed by atoms with van der Waals surface area (Å²) in [7, 11) is 0. The van der Waals surface area contributed by atoms with Gasteiger partial charge in [-0.05, 0) is 50.3 Å². The van der Waals surface area contributed by atoms with Crippen LogP contribution in [-0.4, -0.2) is 26.6 Å². The topological polar surface area (TPSA) is 98.0 Å². The third kappa shape index (κ3) is 3.34. The lowest BCUT2D eigenvalue weighted by atomic mass is 10.3. The summed E-state index contributed by atoms with van der Waals surface area (Å²) in [5, 5.41) is 21.7. The predicted molar refractivity (Wildman–Crippen MR) is 82.6 cm³/mol. The maximum Gasteiger partial charge on any atom is 0.247 e. The molecule has 0 unspecified atom stereocenters. The van der Waals surface area contributed by atoms with Gasteiger partial charge in [0.05, 0.1) is 18.0 Å². The molecule has 0 spiro atoms. The van der Waals surface area contributed by atoms with Crippen LogP contribution in [0, 0.1) is 6.92 Å². The highest BCUT2D eigenvalue weighted by Crippen LogP contribution is 2.32. The van der Waals surface area contributed by atoms with E-state index in [0.29, 0.717) is 29.6 Å². The Labute approximate surface area is 127 Å². The number of aryl methyl sites for hydroxylation is 1. The Bertz CT molecular complexity index is 679. The second-order valence-corrected chi connectivity index (χ2v) is 4.56. The first kappa shape index (κ1) is 14.9. The third-order valence-electron chi connectivity index (χ3n) is 2.59. The number of aromatic hydroxyl groups is 1. The van der Waals surface area contributed by atoms with E-state index in [2.05, 4.69) is 15.3 Å². The average Bonchev–Trinajstić information content (AvgIpc) is 2.76. The van der Waals surface area contributed by atoms with Gasteiger partial charge in [0.1, 0.15) is 5.75 Å². The number of thiocarbonyl (C=S) groups is 1. The fraction of sp³-hybridized carbons (Fsp3) is 0.231. The Morgan fingerprint density at radius 3 is 2.62 bits per heavy atom. The van der Waals surface area contributed by atoms with Crippen LogP contribution >= 0.6 is 12.2 Å². The summed E-state index contributed by atoms with van der Waals surface area (Å²) in [5.41, 5.74) is 7.27. The standard InChI is InChI=1S/C13H15N5O2S/c1-3-20-12-11(8(2)17-18(12)13(14)21)16-15-9-4-6-10(19)7-5-9/h4-7,19H,3H2,1-2H3,(H2,14,21). The van der Waals surface area contributed by atoms with Crippen LogP contribution in [0.2, 0.25) is 0 Å². The van der Waals surface area contributed by atoms with Crippen molar-refractivity contribution in [2.75, 3.05) is 6.61 Å². The molecule has 0 saturated carbocycles. The summed E-state index contributed by atoms with van der Waals surface area (Å²) in [6, 6.07) is 6.35. The van der Waals surface area contributed by atoms with Crippen LogP contribution in [0.3, 0.4) is 0 Å². The SMILES string of the molecule is CCOc1c(N=Nc2ccc(O)cc2)c(C)nn1C(N)=S. The van der Waals surface area contributed by atoms with Gasteiger partial charge in [-0.25, -0.2) is 0 Å². The van der Waals surface area contributed by atoms with Gasteiger partial charge in [0.15, 0.2) is 10.8 Å². The van der Waals surface area contributed by atoms with Gasteiger partial charge in [0, 0.05) is 0 Å². The van der Waals surface area contributed by atoms with Crippen molar-refractivity contribution in [3.8, 4) is 11.6 Å². The monoisotopic (exact) mass is 305 g/mol. The first-order chi connectivity index (χ1) is 10.0. The minimum absolute atomic E-state index is 0.0765. The minimum atomic E-state index is 0.0765. The van der Waals surface area contributed by atoms with Crippen molar-refractivity contribution in [2.24, 2.45) is 16.0 Å². The lowest BCUT2D eigenvalue weighted by Gasteiger charge is -2.05. The molecule has 3 N–H and O–H groups in total. The number of nitrogens with two attached hydrogens (primary N) is 1. The molecule has 2 rings (SSSR count). The number of rotatable bonds is 4. The second-order valence-electron chi connectivity index (χ2n) is 4.14. The number of hydrogen-bond acceptors (Lipinski definition) is 6. The molecule has 0 aliphatic carbocycles. The fourth-order valence-electron chi connectivity index (χ4n) is 1.66. The van der Waals surface area contributed by atoms with E-state index in [4.69, 9.17) is 22.7 Å². The van der Waals surface area contributed by atoms with Crippen LogP contribution < -0.4 is 10.5 Å². The highest BCUT2D eigenvalue weighted by Gasteiger charge is 2.18. The quantitative estimate of drug-likeness (QED) is 0.668. The number of benzene rings is 1. The Morgan fingerprint density at radius 1 is 1.38 bits per heavy atom. The van der Waals surface area contributed by atoms with Crippen LogP contribution in [0.15, 0.2) is 34.5 Å². The summed E-state index contributed by atoms with van der Waals surface area (Å²) in [6.07, 6.45) is 0. The first-order valence-corrected chi connectivity index (χ1v) is 6.66. The van der Waals surface area contributed by atoms with E-state index in [1.807, 2.05) is 6.92 Å². The van der Waals surface area contributed by atoms with Crippen molar-refractivity contribution in [1.29, 1.82) is 0 Å². The number of azo groups is 1. The number of nitrogens with zero attached hydrogens (tertiary/aromatic N) is 4. The fourth-order valence-corrected chi connectivity index (χ4v) is 1.78. The normalized spacial score (nSPS) is 11.0. The summed E-state index contributed by atoms with van der Waals surface area (Å²) in [4.78, 5) is 0. The summed E-state index contributed by atoms with van der Waals surface area (Å²) < 4.78 is 6.82. The molecule has 2 aromatic rings. The smallest absolute Gasteiger partial charge is 0.247 e. The van der Waals surface area contributed by atoms with Crippen molar-refractivity contribution in [3.63, 3.8) is 0 Å². The van der Waals surface area contributed by atoms with Gasteiger partial charge in [-0.15, -0.1) is 5.11 Å². The number of hydrogen-bond donors (Lipinski definition) is 2. The molecule has 0 amide bonds. The van der Waals surface area contributed by atoms with Crippen molar-refractivity contribution in [3.05, 3.63) is 30.0 Å². The highest BCUT2D eigenvalue weighted by atomic mass is 32.1. The van der Waals surface area contributed by atoms with Gasteiger partial charge in [-0.1, -0.05) is 0 Å². The van der Waals surface area contributed by atoms with Crippen LogP contribution in [0.25, 0.3) is 0 Å². The van der Waals surface area contributed by atoms with Gasteiger partial charge in [-0.2, -0.15) is 14.9 Å². The van der Waals surface area contributed by atoms with Crippen molar-refractivity contribution < 1.29 is 9.84 Å². The van der Waals surface area contributed by atoms with Gasteiger partial charge in [0.2, 0.25) is 5.88 Å². The highest BCUT2D eigenvalue weighted by molar-refractivity contribution is 7.80. The van der Waals surface area contributed by atoms with Crippen LogP contribution in [-0.2, 0) is 0 Å². The molecule has 1 aromatic carbocycles. The molecule has 0 aliphatic rings. The first-order valence-electron chi connectivity index (χ1n) is 6.26. The van der Waals surface area contributed by atoms with E-state index in [-0.39, 0.29) is 10.9 Å². The lowest BCUT2D eigenvalue weighted by Crippen LogP contribution is -2.21. The average molecular weight is 305 g/mol. The molecular formula is C13H15N5O2S. The van der Waals surface area contributed by atoms with E-state index in [9.17, 15) is 5.11 Å². The molecule has 8 heteroatoms. The molecule has 1 heterocycles. The van der Waals surface area contributed by atoms with E-state index >= 15 is 0 Å². The van der Waals surface area contributed by atoms with Gasteiger partial charge >= 0.3 is 0 Å². The predicted octanol–water partition coefficient (Wildman–Crippen LogP) is 2.80. The van der Waals surface area contributed by atoms with E-state index < -0.39 is 0 Å². The zero-order valence-corrected chi connectivity index (χ0v) is 12.5. The molecule has 110 valence electrons. The zero-order valence-electron chi connectivity index (χ0n) is 11.6.